The van der Waals surface area contributed by atoms with Crippen molar-refractivity contribution >= 4 is 0 Å². The molecule has 0 bridgehead atoms. The van der Waals surface area contributed by atoms with Gasteiger partial charge in [0.1, 0.15) is 5.75 Å². The molecule has 100 valence electrons. The molecular formula is C16H20N2O. The number of hydrogen-bond acceptors (Lipinski definition) is 3. The summed E-state index contributed by atoms with van der Waals surface area (Å²) in [6, 6.07) is 14.6. The minimum absolute atomic E-state index is 0.211. The quantitative estimate of drug-likeness (QED) is 0.889. The van der Waals surface area contributed by atoms with Gasteiger partial charge in [-0.05, 0) is 43.7 Å². The van der Waals surface area contributed by atoms with Crippen molar-refractivity contribution in [2.75, 3.05) is 7.11 Å². The van der Waals surface area contributed by atoms with Crippen LogP contribution in [0.15, 0.2) is 48.7 Å². The van der Waals surface area contributed by atoms with Crippen molar-refractivity contribution in [3.63, 3.8) is 0 Å². The van der Waals surface area contributed by atoms with Crippen LogP contribution in [-0.2, 0) is 0 Å². The third kappa shape index (κ3) is 3.55. The lowest BCUT2D eigenvalue weighted by molar-refractivity contribution is 0.412. The van der Waals surface area contributed by atoms with Crippen molar-refractivity contribution in [1.82, 2.24) is 10.3 Å². The number of pyridine rings is 1. The molecule has 0 spiro atoms. The van der Waals surface area contributed by atoms with E-state index in [-0.39, 0.29) is 12.1 Å². The second-order valence-electron chi connectivity index (χ2n) is 4.64. The topological polar surface area (TPSA) is 34.1 Å². The smallest absolute Gasteiger partial charge is 0.119 e. The Balaban J connectivity index is 2.06. The lowest BCUT2D eigenvalue weighted by Gasteiger charge is -2.20. The van der Waals surface area contributed by atoms with Gasteiger partial charge in [0.05, 0.1) is 12.8 Å². The minimum atomic E-state index is 0.211. The summed E-state index contributed by atoms with van der Waals surface area (Å²) in [6.45, 7) is 4.27. The van der Waals surface area contributed by atoms with E-state index in [1.54, 1.807) is 7.11 Å². The molecule has 1 heterocycles. The van der Waals surface area contributed by atoms with Crippen LogP contribution in [0.5, 0.6) is 5.75 Å². The summed E-state index contributed by atoms with van der Waals surface area (Å²) in [5.74, 6) is 0.886. The van der Waals surface area contributed by atoms with E-state index in [1.807, 2.05) is 36.5 Å². The van der Waals surface area contributed by atoms with Crippen molar-refractivity contribution in [3.8, 4) is 5.75 Å². The highest BCUT2D eigenvalue weighted by atomic mass is 16.5. The predicted molar refractivity (Wildman–Crippen MR) is 77.2 cm³/mol. The Labute approximate surface area is 114 Å². The molecule has 1 N–H and O–H groups in total. The van der Waals surface area contributed by atoms with Crippen LogP contribution in [0.1, 0.15) is 37.2 Å². The number of aromatic nitrogens is 1. The molecule has 3 nitrogen and oxygen atoms in total. The van der Waals surface area contributed by atoms with Crippen LogP contribution in [0.4, 0.5) is 0 Å². The number of benzene rings is 1. The van der Waals surface area contributed by atoms with Crippen molar-refractivity contribution < 1.29 is 4.74 Å². The van der Waals surface area contributed by atoms with Crippen LogP contribution >= 0.6 is 0 Å². The molecule has 0 aliphatic carbocycles. The number of nitrogens with one attached hydrogen (secondary N) is 1. The number of nitrogens with zero attached hydrogens (tertiary/aromatic N) is 1. The second-order valence-corrected chi connectivity index (χ2v) is 4.64. The van der Waals surface area contributed by atoms with E-state index in [2.05, 4.69) is 36.3 Å². The van der Waals surface area contributed by atoms with Gasteiger partial charge in [-0.1, -0.05) is 18.2 Å². The molecule has 0 radical (unpaired) electrons. The number of ether oxygens (including phenoxy) is 1. The van der Waals surface area contributed by atoms with E-state index >= 15 is 0 Å². The molecule has 0 fully saturated rings. The van der Waals surface area contributed by atoms with Gasteiger partial charge in [0.2, 0.25) is 0 Å². The Hall–Kier alpha value is -1.87. The van der Waals surface area contributed by atoms with Crippen molar-refractivity contribution in [2.45, 2.75) is 25.9 Å². The van der Waals surface area contributed by atoms with Crippen molar-refractivity contribution in [1.29, 1.82) is 0 Å². The van der Waals surface area contributed by atoms with E-state index in [9.17, 15) is 0 Å². The first-order chi connectivity index (χ1) is 9.20. The standard InChI is InChI=1S/C16H20N2O/c1-12(14-7-6-8-15(11-14)19-3)18-13(2)16-9-4-5-10-17-16/h4-13,18H,1-3H3. The largest absolute Gasteiger partial charge is 0.497 e. The van der Waals surface area contributed by atoms with Crippen molar-refractivity contribution in [2.24, 2.45) is 0 Å². The molecular weight excluding hydrogens is 236 g/mol. The fourth-order valence-electron chi connectivity index (χ4n) is 2.10. The first-order valence-electron chi connectivity index (χ1n) is 6.51. The molecule has 2 aromatic rings. The number of hydrogen-bond donors (Lipinski definition) is 1. The third-order valence-corrected chi connectivity index (χ3v) is 3.23. The van der Waals surface area contributed by atoms with E-state index < -0.39 is 0 Å². The minimum Gasteiger partial charge on any atom is -0.497 e. The lowest BCUT2D eigenvalue weighted by atomic mass is 10.1. The van der Waals surface area contributed by atoms with Gasteiger partial charge in [-0.15, -0.1) is 0 Å². The molecule has 1 aromatic carbocycles. The molecule has 0 amide bonds. The van der Waals surface area contributed by atoms with E-state index in [1.165, 1.54) is 5.56 Å². The normalized spacial score (nSPS) is 13.8. The fraction of sp³-hybridized carbons (Fsp3) is 0.312. The maximum Gasteiger partial charge on any atom is 0.119 e. The Morgan fingerprint density at radius 1 is 1.05 bits per heavy atom. The van der Waals surface area contributed by atoms with E-state index in [4.69, 9.17) is 4.74 Å². The highest BCUT2D eigenvalue weighted by Crippen LogP contribution is 2.21. The Kier molecular flexibility index (Phi) is 4.53. The zero-order valence-corrected chi connectivity index (χ0v) is 11.6. The second kappa shape index (κ2) is 6.34. The molecule has 3 heteroatoms. The van der Waals surface area contributed by atoms with Gasteiger partial charge in [-0.2, -0.15) is 0 Å². The van der Waals surface area contributed by atoms with Gasteiger partial charge in [-0.3, -0.25) is 4.98 Å². The summed E-state index contributed by atoms with van der Waals surface area (Å²) in [7, 11) is 1.69. The Bertz CT molecular complexity index is 513. The molecule has 2 rings (SSSR count). The highest BCUT2D eigenvalue weighted by Gasteiger charge is 2.12. The van der Waals surface area contributed by atoms with Gasteiger partial charge in [-0.25, -0.2) is 0 Å². The average molecular weight is 256 g/mol. The van der Waals surface area contributed by atoms with Crippen LogP contribution in [0.3, 0.4) is 0 Å². The number of rotatable bonds is 5. The number of methoxy groups -OCH3 is 1. The molecule has 1 aromatic heterocycles. The fourth-order valence-corrected chi connectivity index (χ4v) is 2.10. The van der Waals surface area contributed by atoms with E-state index in [0.717, 1.165) is 11.4 Å². The maximum absolute atomic E-state index is 5.25. The van der Waals surface area contributed by atoms with Crippen LogP contribution in [0, 0.1) is 0 Å². The maximum atomic E-state index is 5.25. The van der Waals surface area contributed by atoms with Crippen molar-refractivity contribution in [3.05, 3.63) is 59.9 Å². The lowest BCUT2D eigenvalue weighted by Crippen LogP contribution is -2.23. The van der Waals surface area contributed by atoms with Gasteiger partial charge >= 0.3 is 0 Å². The summed E-state index contributed by atoms with van der Waals surface area (Å²) in [5, 5.41) is 3.55. The summed E-state index contributed by atoms with van der Waals surface area (Å²) >= 11 is 0. The summed E-state index contributed by atoms with van der Waals surface area (Å²) in [4.78, 5) is 4.37. The molecule has 2 atom stereocenters. The van der Waals surface area contributed by atoms with Crippen LogP contribution in [0.2, 0.25) is 0 Å². The van der Waals surface area contributed by atoms with Crippen LogP contribution < -0.4 is 10.1 Å². The first-order valence-corrected chi connectivity index (χ1v) is 6.51. The zero-order valence-electron chi connectivity index (χ0n) is 11.6. The average Bonchev–Trinajstić information content (AvgIpc) is 2.48. The third-order valence-electron chi connectivity index (χ3n) is 3.23. The summed E-state index contributed by atoms with van der Waals surface area (Å²) < 4.78 is 5.25. The molecule has 2 unspecified atom stereocenters. The van der Waals surface area contributed by atoms with Gasteiger partial charge < -0.3 is 10.1 Å². The highest BCUT2D eigenvalue weighted by molar-refractivity contribution is 5.30. The van der Waals surface area contributed by atoms with Gasteiger partial charge in [0.15, 0.2) is 0 Å². The Morgan fingerprint density at radius 3 is 2.58 bits per heavy atom. The van der Waals surface area contributed by atoms with Gasteiger partial charge in [0.25, 0.3) is 0 Å². The zero-order chi connectivity index (χ0) is 13.7. The molecule has 0 saturated heterocycles. The molecule has 0 aliphatic rings. The van der Waals surface area contributed by atoms with Gasteiger partial charge in [0, 0.05) is 18.3 Å². The summed E-state index contributed by atoms with van der Waals surface area (Å²) in [5.41, 5.74) is 2.26. The monoisotopic (exact) mass is 256 g/mol. The molecule has 0 aliphatic heterocycles. The first kappa shape index (κ1) is 13.6. The van der Waals surface area contributed by atoms with Crippen LogP contribution in [0.25, 0.3) is 0 Å². The summed E-state index contributed by atoms with van der Waals surface area (Å²) in [6.07, 6.45) is 1.82. The Morgan fingerprint density at radius 2 is 1.89 bits per heavy atom. The molecule has 0 saturated carbocycles. The van der Waals surface area contributed by atoms with E-state index in [0.29, 0.717) is 0 Å². The SMILES string of the molecule is COc1cccc(C(C)NC(C)c2ccccn2)c1. The predicted octanol–water partition coefficient (Wildman–Crippen LogP) is 3.50. The molecule has 19 heavy (non-hydrogen) atoms. The van der Waals surface area contributed by atoms with Crippen LogP contribution in [-0.4, -0.2) is 12.1 Å².